The van der Waals surface area contributed by atoms with Crippen LogP contribution < -0.4 is 4.74 Å². The van der Waals surface area contributed by atoms with Crippen molar-refractivity contribution >= 4 is 57.0 Å². The molecule has 0 spiro atoms. The first kappa shape index (κ1) is 14.9. The molecule has 0 N–H and O–H groups in total. The fourth-order valence-corrected chi connectivity index (χ4v) is 3.23. The summed E-state index contributed by atoms with van der Waals surface area (Å²) in [5.74, 6) is 1.47. The van der Waals surface area contributed by atoms with Gasteiger partial charge < -0.3 is 4.74 Å². The third-order valence-electron chi connectivity index (χ3n) is 3.03. The molecule has 0 amide bonds. The van der Waals surface area contributed by atoms with Gasteiger partial charge in [0.2, 0.25) is 5.88 Å². The van der Waals surface area contributed by atoms with Crippen molar-refractivity contribution in [2.24, 2.45) is 0 Å². The fourth-order valence-electron chi connectivity index (χ4n) is 2.11. The molecule has 21 heavy (non-hydrogen) atoms. The van der Waals surface area contributed by atoms with E-state index in [1.165, 1.54) is 0 Å². The van der Waals surface area contributed by atoms with Crippen LogP contribution in [0, 0.1) is 3.57 Å². The number of imidazole rings is 1. The van der Waals surface area contributed by atoms with Gasteiger partial charge in [0.05, 0.1) is 23.7 Å². The highest BCUT2D eigenvalue weighted by atomic mass is 127. The van der Waals surface area contributed by atoms with E-state index in [0.717, 1.165) is 14.8 Å². The van der Waals surface area contributed by atoms with Gasteiger partial charge in [-0.1, -0.05) is 11.6 Å². The van der Waals surface area contributed by atoms with Gasteiger partial charge in [0, 0.05) is 9.64 Å². The zero-order valence-corrected chi connectivity index (χ0v) is 14.6. The highest BCUT2D eigenvalue weighted by Crippen LogP contribution is 2.29. The second-order valence-electron chi connectivity index (χ2n) is 4.29. The summed E-state index contributed by atoms with van der Waals surface area (Å²) in [7, 11) is 1.58. The Labute approximate surface area is 145 Å². The van der Waals surface area contributed by atoms with E-state index in [-0.39, 0.29) is 5.88 Å². The predicted molar refractivity (Wildman–Crippen MR) is 92.7 cm³/mol. The number of pyridine rings is 1. The summed E-state index contributed by atoms with van der Waals surface area (Å²) in [5, 5.41) is 0.622. The third-order valence-corrected chi connectivity index (χ3v) is 4.24. The van der Waals surface area contributed by atoms with Crippen LogP contribution in [0.3, 0.4) is 0 Å². The van der Waals surface area contributed by atoms with E-state index in [1.54, 1.807) is 13.2 Å². The zero-order valence-electron chi connectivity index (χ0n) is 11.0. The zero-order chi connectivity index (χ0) is 15.0. The Kier molecular flexibility index (Phi) is 4.24. The van der Waals surface area contributed by atoms with Crippen LogP contribution >= 0.6 is 45.8 Å². The summed E-state index contributed by atoms with van der Waals surface area (Å²) in [6, 6.07) is 9.43. The topological polar surface area (TPSA) is 39.9 Å². The summed E-state index contributed by atoms with van der Waals surface area (Å²) in [4.78, 5) is 8.96. The van der Waals surface area contributed by atoms with E-state index in [0.29, 0.717) is 22.4 Å². The van der Waals surface area contributed by atoms with Crippen LogP contribution in [0.25, 0.3) is 16.9 Å². The molecule has 2 aromatic heterocycles. The van der Waals surface area contributed by atoms with Gasteiger partial charge >= 0.3 is 0 Å². The highest BCUT2D eigenvalue weighted by molar-refractivity contribution is 14.1. The van der Waals surface area contributed by atoms with Gasteiger partial charge in [-0.2, -0.15) is 4.98 Å². The minimum absolute atomic E-state index is 0.265. The molecule has 0 saturated heterocycles. The molecule has 1 aromatic carbocycles. The maximum atomic E-state index is 6.37. The maximum absolute atomic E-state index is 6.37. The first-order valence-electron chi connectivity index (χ1n) is 6.08. The van der Waals surface area contributed by atoms with Crippen molar-refractivity contribution in [1.29, 1.82) is 0 Å². The van der Waals surface area contributed by atoms with E-state index < -0.39 is 0 Å². The Morgan fingerprint density at radius 2 is 2.05 bits per heavy atom. The molecular weight excluding hydrogens is 424 g/mol. The average molecular weight is 434 g/mol. The van der Waals surface area contributed by atoms with Gasteiger partial charge in [-0.05, 0) is 46.9 Å². The molecule has 2 heterocycles. The lowest BCUT2D eigenvalue weighted by atomic mass is 10.3. The van der Waals surface area contributed by atoms with Gasteiger partial charge in [0.15, 0.2) is 5.65 Å². The predicted octanol–water partition coefficient (Wildman–Crippen LogP) is 4.43. The van der Waals surface area contributed by atoms with Crippen LogP contribution in [-0.2, 0) is 5.88 Å². The van der Waals surface area contributed by atoms with E-state index in [2.05, 4.69) is 32.6 Å². The Hall–Kier alpha value is -1.05. The number of halogens is 3. The second-order valence-corrected chi connectivity index (χ2v) is 6.21. The lowest BCUT2D eigenvalue weighted by Gasteiger charge is -2.10. The molecule has 108 valence electrons. The van der Waals surface area contributed by atoms with Gasteiger partial charge in [-0.25, -0.2) is 4.98 Å². The molecule has 3 rings (SSSR count). The highest BCUT2D eigenvalue weighted by Gasteiger charge is 2.16. The van der Waals surface area contributed by atoms with E-state index in [9.17, 15) is 0 Å². The SMILES string of the molecule is COc1ccc2nc(CCl)n(-c3ccc(I)cc3Cl)c2n1. The maximum Gasteiger partial charge on any atom is 0.215 e. The number of hydrogen-bond donors (Lipinski definition) is 0. The number of rotatable bonds is 3. The van der Waals surface area contributed by atoms with Crippen LogP contribution in [0.5, 0.6) is 5.88 Å². The van der Waals surface area contributed by atoms with Crippen LogP contribution in [0.4, 0.5) is 0 Å². The third kappa shape index (κ3) is 2.69. The standard InChI is InChI=1S/C14H10Cl2IN3O/c1-21-13-5-3-10-14(19-13)20(12(7-15)18-10)11-4-2-8(17)6-9(11)16/h2-6H,7H2,1H3. The summed E-state index contributed by atoms with van der Waals surface area (Å²) >= 11 is 14.6. The van der Waals surface area contributed by atoms with E-state index >= 15 is 0 Å². The number of alkyl halides is 1. The molecule has 7 heteroatoms. The number of methoxy groups -OCH3 is 1. The number of nitrogens with zero attached hydrogens (tertiary/aromatic N) is 3. The van der Waals surface area contributed by atoms with E-state index in [1.807, 2.05) is 28.8 Å². The first-order chi connectivity index (χ1) is 10.1. The first-order valence-corrected chi connectivity index (χ1v) is 8.07. The number of hydrogen-bond acceptors (Lipinski definition) is 3. The monoisotopic (exact) mass is 433 g/mol. The summed E-state index contributed by atoms with van der Waals surface area (Å²) in [5.41, 5.74) is 2.23. The summed E-state index contributed by atoms with van der Waals surface area (Å²) in [6.45, 7) is 0. The Bertz CT molecular complexity index is 819. The molecule has 0 saturated carbocycles. The molecule has 0 aliphatic carbocycles. The van der Waals surface area contributed by atoms with E-state index in [4.69, 9.17) is 27.9 Å². The fraction of sp³-hybridized carbons (Fsp3) is 0.143. The van der Waals surface area contributed by atoms with Crippen molar-refractivity contribution < 1.29 is 4.74 Å². The van der Waals surface area contributed by atoms with Crippen LogP contribution in [0.15, 0.2) is 30.3 Å². The quantitative estimate of drug-likeness (QED) is 0.453. The van der Waals surface area contributed by atoms with Crippen molar-refractivity contribution in [2.75, 3.05) is 7.11 Å². The average Bonchev–Trinajstić information content (AvgIpc) is 2.84. The van der Waals surface area contributed by atoms with Crippen LogP contribution in [-0.4, -0.2) is 21.6 Å². The number of benzene rings is 1. The van der Waals surface area contributed by atoms with Crippen LogP contribution in [0.1, 0.15) is 5.82 Å². The van der Waals surface area contributed by atoms with Crippen molar-refractivity contribution in [3.05, 3.63) is 44.7 Å². The molecule has 4 nitrogen and oxygen atoms in total. The minimum Gasteiger partial charge on any atom is -0.481 e. The summed E-state index contributed by atoms with van der Waals surface area (Å²) in [6.07, 6.45) is 0. The molecule has 3 aromatic rings. The molecule has 0 fully saturated rings. The van der Waals surface area contributed by atoms with Crippen molar-refractivity contribution in [3.63, 3.8) is 0 Å². The van der Waals surface area contributed by atoms with Crippen molar-refractivity contribution in [3.8, 4) is 11.6 Å². The lowest BCUT2D eigenvalue weighted by molar-refractivity contribution is 0.399. The molecule has 0 aliphatic heterocycles. The Morgan fingerprint density at radius 1 is 1.24 bits per heavy atom. The van der Waals surface area contributed by atoms with Gasteiger partial charge in [-0.15, -0.1) is 11.6 Å². The van der Waals surface area contributed by atoms with Crippen molar-refractivity contribution in [1.82, 2.24) is 14.5 Å². The largest absolute Gasteiger partial charge is 0.481 e. The van der Waals surface area contributed by atoms with Crippen molar-refractivity contribution in [2.45, 2.75) is 5.88 Å². The number of aromatic nitrogens is 3. The van der Waals surface area contributed by atoms with Gasteiger partial charge in [0.1, 0.15) is 11.3 Å². The van der Waals surface area contributed by atoms with Gasteiger partial charge in [-0.3, -0.25) is 4.57 Å². The molecule has 0 bridgehead atoms. The molecule has 0 atom stereocenters. The Morgan fingerprint density at radius 3 is 2.71 bits per heavy atom. The molecule has 0 radical (unpaired) electrons. The van der Waals surface area contributed by atoms with Gasteiger partial charge in [0.25, 0.3) is 0 Å². The number of fused-ring (bicyclic) bond motifs is 1. The lowest BCUT2D eigenvalue weighted by Crippen LogP contribution is -2.02. The molecular formula is C14H10Cl2IN3O. The number of ether oxygens (including phenoxy) is 1. The smallest absolute Gasteiger partial charge is 0.215 e. The molecule has 0 unspecified atom stereocenters. The molecule has 0 aliphatic rings. The normalized spacial score (nSPS) is 11.0. The summed E-state index contributed by atoms with van der Waals surface area (Å²) < 4.78 is 8.11. The second kappa shape index (κ2) is 5.98. The minimum atomic E-state index is 0.265. The Balaban J connectivity index is 2.33. The van der Waals surface area contributed by atoms with Crippen LogP contribution in [0.2, 0.25) is 5.02 Å².